The molecule has 208 valence electrons. The molecule has 5 rings (SSSR count). The number of fused-ring (bicyclic) bond motifs is 4. The number of hydrogen-bond acceptors (Lipinski definition) is 8. The molecular weight excluding hydrogens is 518 g/mol. The molecule has 4 N–H and O–H groups in total. The molecule has 1 saturated heterocycles. The predicted octanol–water partition coefficient (Wildman–Crippen LogP) is 3.73. The molecule has 1 aliphatic carbocycles. The van der Waals surface area contributed by atoms with Crippen LogP contribution in [0.1, 0.15) is 48.9 Å². The first-order chi connectivity index (χ1) is 18.9. The maximum Gasteiger partial charge on any atom is 0.256 e. The predicted molar refractivity (Wildman–Crippen MR) is 152 cm³/mol. The van der Waals surface area contributed by atoms with Crippen LogP contribution in [-0.4, -0.2) is 72.1 Å². The van der Waals surface area contributed by atoms with E-state index in [2.05, 4.69) is 43.2 Å². The van der Waals surface area contributed by atoms with Crippen LogP contribution in [0.5, 0.6) is 5.75 Å². The number of nitrogens with zero attached hydrogens (tertiary/aromatic N) is 3. The minimum absolute atomic E-state index is 0.00161. The van der Waals surface area contributed by atoms with Gasteiger partial charge in [0.15, 0.2) is 0 Å². The quantitative estimate of drug-likeness (QED) is 0.423. The molecule has 2 amide bonds. The molecule has 11 heteroatoms. The Morgan fingerprint density at radius 3 is 2.62 bits per heavy atom. The van der Waals surface area contributed by atoms with Crippen LogP contribution in [0.15, 0.2) is 36.5 Å². The van der Waals surface area contributed by atoms with Crippen molar-refractivity contribution in [1.29, 1.82) is 0 Å². The van der Waals surface area contributed by atoms with E-state index in [1.165, 1.54) is 6.20 Å². The lowest BCUT2D eigenvalue weighted by Crippen LogP contribution is -2.47. The molecular formula is C28H36ClN7O3. The Bertz CT molecular complexity index is 1210. The van der Waals surface area contributed by atoms with Crippen molar-refractivity contribution in [1.82, 2.24) is 25.5 Å². The standard InChI is InChI=1S/C28H36ClN7O3/c1-36-13-10-20(11-14-36)33-26(37)18-4-6-19(7-5-18)34-27(38)22-17-31-28-30-12-2-3-15-39-24-16-21(8-9-23(24)29)32-25(22)35-28/h2-3,8-9,16-20H,4-7,10-15H2,1H3,(H,33,37)(H,34,38)(H2,30,31,32,35)/b3-2-. The number of piperidine rings is 1. The summed E-state index contributed by atoms with van der Waals surface area (Å²) in [4.78, 5) is 37.4. The monoisotopic (exact) mass is 553 g/mol. The highest BCUT2D eigenvalue weighted by Gasteiger charge is 2.30. The van der Waals surface area contributed by atoms with Crippen molar-refractivity contribution in [2.75, 3.05) is 43.9 Å². The maximum absolute atomic E-state index is 13.3. The average molecular weight is 554 g/mol. The first-order valence-corrected chi connectivity index (χ1v) is 14.1. The number of carbonyl (C=O) groups is 2. The summed E-state index contributed by atoms with van der Waals surface area (Å²) in [5.41, 5.74) is 1.03. The summed E-state index contributed by atoms with van der Waals surface area (Å²) in [5, 5.41) is 13.3. The molecule has 0 atom stereocenters. The third-order valence-corrected chi connectivity index (χ3v) is 7.92. The Kier molecular flexibility index (Phi) is 8.83. The summed E-state index contributed by atoms with van der Waals surface area (Å²) in [7, 11) is 2.12. The molecule has 3 aliphatic rings. The van der Waals surface area contributed by atoms with Crippen LogP contribution >= 0.6 is 11.6 Å². The second-order valence-electron chi connectivity index (χ2n) is 10.5. The number of hydrogen-bond donors (Lipinski definition) is 4. The summed E-state index contributed by atoms with van der Waals surface area (Å²) in [6.45, 7) is 2.92. The Morgan fingerprint density at radius 1 is 1.05 bits per heavy atom. The average Bonchev–Trinajstić information content (AvgIpc) is 2.94. The number of benzene rings is 1. The lowest BCUT2D eigenvalue weighted by atomic mass is 9.85. The smallest absolute Gasteiger partial charge is 0.256 e. The van der Waals surface area contributed by atoms with E-state index in [-0.39, 0.29) is 29.8 Å². The Balaban J connectivity index is 1.22. The molecule has 2 fully saturated rings. The summed E-state index contributed by atoms with van der Waals surface area (Å²) in [6.07, 6.45) is 10.4. The summed E-state index contributed by atoms with van der Waals surface area (Å²) in [6, 6.07) is 5.59. The number of halogens is 1. The van der Waals surface area contributed by atoms with Gasteiger partial charge in [0, 0.05) is 42.5 Å². The third kappa shape index (κ3) is 7.19. The fourth-order valence-electron chi connectivity index (χ4n) is 5.23. The van der Waals surface area contributed by atoms with E-state index in [9.17, 15) is 9.59 Å². The third-order valence-electron chi connectivity index (χ3n) is 7.61. The van der Waals surface area contributed by atoms with E-state index < -0.39 is 0 Å². The molecule has 1 aromatic heterocycles. The highest BCUT2D eigenvalue weighted by Crippen LogP contribution is 2.31. The van der Waals surface area contributed by atoms with E-state index in [4.69, 9.17) is 16.3 Å². The van der Waals surface area contributed by atoms with E-state index in [1.807, 2.05) is 12.2 Å². The highest BCUT2D eigenvalue weighted by atomic mass is 35.5. The van der Waals surface area contributed by atoms with Crippen molar-refractivity contribution < 1.29 is 14.3 Å². The summed E-state index contributed by atoms with van der Waals surface area (Å²) >= 11 is 6.29. The van der Waals surface area contributed by atoms with Gasteiger partial charge in [0.2, 0.25) is 11.9 Å². The number of nitrogens with one attached hydrogen (secondary N) is 4. The number of likely N-dealkylation sites (tertiary alicyclic amines) is 1. The number of carbonyl (C=O) groups excluding carboxylic acids is 2. The van der Waals surface area contributed by atoms with Gasteiger partial charge >= 0.3 is 0 Å². The molecule has 4 bridgehead atoms. The van der Waals surface area contributed by atoms with Crippen LogP contribution in [0, 0.1) is 5.92 Å². The first kappa shape index (κ1) is 27.2. The molecule has 0 radical (unpaired) electrons. The molecule has 2 aliphatic heterocycles. The van der Waals surface area contributed by atoms with E-state index in [0.717, 1.165) is 51.6 Å². The molecule has 3 heterocycles. The second-order valence-corrected chi connectivity index (χ2v) is 10.9. The van der Waals surface area contributed by atoms with Crippen molar-refractivity contribution in [3.05, 3.63) is 47.1 Å². The minimum Gasteiger partial charge on any atom is -0.488 e. The zero-order valence-electron chi connectivity index (χ0n) is 22.2. The number of amides is 2. The van der Waals surface area contributed by atoms with Gasteiger partial charge < -0.3 is 30.9 Å². The van der Waals surface area contributed by atoms with Gasteiger partial charge in [-0.3, -0.25) is 9.59 Å². The van der Waals surface area contributed by atoms with Gasteiger partial charge in [0.1, 0.15) is 23.7 Å². The van der Waals surface area contributed by atoms with Gasteiger partial charge in [-0.1, -0.05) is 17.7 Å². The van der Waals surface area contributed by atoms with Crippen molar-refractivity contribution >= 4 is 40.9 Å². The lowest BCUT2D eigenvalue weighted by molar-refractivity contribution is -0.127. The summed E-state index contributed by atoms with van der Waals surface area (Å²) in [5.74, 6) is 1.23. The molecule has 39 heavy (non-hydrogen) atoms. The second kappa shape index (κ2) is 12.7. The van der Waals surface area contributed by atoms with Crippen molar-refractivity contribution in [3.63, 3.8) is 0 Å². The molecule has 2 aromatic rings. The van der Waals surface area contributed by atoms with Crippen LogP contribution in [0.25, 0.3) is 0 Å². The van der Waals surface area contributed by atoms with Crippen LogP contribution < -0.4 is 26.0 Å². The Labute approximate surface area is 233 Å². The van der Waals surface area contributed by atoms with E-state index >= 15 is 0 Å². The largest absolute Gasteiger partial charge is 0.488 e. The zero-order chi connectivity index (χ0) is 27.2. The van der Waals surface area contributed by atoms with Gasteiger partial charge in [-0.15, -0.1) is 0 Å². The number of anilines is 3. The Morgan fingerprint density at radius 2 is 1.82 bits per heavy atom. The zero-order valence-corrected chi connectivity index (χ0v) is 23.0. The number of aromatic nitrogens is 2. The van der Waals surface area contributed by atoms with Crippen LogP contribution in [-0.2, 0) is 4.79 Å². The van der Waals surface area contributed by atoms with Crippen LogP contribution in [0.3, 0.4) is 0 Å². The first-order valence-electron chi connectivity index (χ1n) is 13.7. The van der Waals surface area contributed by atoms with E-state index in [0.29, 0.717) is 46.9 Å². The fraction of sp³-hybridized carbons (Fsp3) is 0.500. The Hall–Kier alpha value is -3.37. The van der Waals surface area contributed by atoms with Gasteiger partial charge in [0.25, 0.3) is 5.91 Å². The van der Waals surface area contributed by atoms with Gasteiger partial charge in [-0.25, -0.2) is 4.98 Å². The molecule has 10 nitrogen and oxygen atoms in total. The van der Waals surface area contributed by atoms with Crippen LogP contribution in [0.4, 0.5) is 17.5 Å². The highest BCUT2D eigenvalue weighted by molar-refractivity contribution is 6.32. The van der Waals surface area contributed by atoms with Gasteiger partial charge in [-0.2, -0.15) is 4.98 Å². The van der Waals surface area contributed by atoms with Gasteiger partial charge in [0.05, 0.1) is 5.02 Å². The molecule has 1 aromatic carbocycles. The molecule has 0 spiro atoms. The topological polar surface area (TPSA) is 121 Å². The number of rotatable bonds is 4. The SMILES string of the molecule is CN1CCC(NC(=O)C2CCC(NC(=O)c3cnc4nc3Nc3ccc(Cl)c(c3)OC/C=C\CN4)CC2)CC1. The van der Waals surface area contributed by atoms with Crippen molar-refractivity contribution in [2.45, 2.75) is 50.6 Å². The normalized spacial score (nSPS) is 22.9. The van der Waals surface area contributed by atoms with Crippen LogP contribution in [0.2, 0.25) is 5.02 Å². The fourth-order valence-corrected chi connectivity index (χ4v) is 5.40. The maximum atomic E-state index is 13.3. The summed E-state index contributed by atoms with van der Waals surface area (Å²) < 4.78 is 5.77. The number of ether oxygens (including phenoxy) is 1. The molecule has 0 unspecified atom stereocenters. The van der Waals surface area contributed by atoms with Gasteiger partial charge in [-0.05, 0) is 76.9 Å². The van der Waals surface area contributed by atoms with Crippen molar-refractivity contribution in [2.24, 2.45) is 5.92 Å². The molecule has 1 saturated carbocycles. The lowest BCUT2D eigenvalue weighted by Gasteiger charge is -2.32. The van der Waals surface area contributed by atoms with Crippen molar-refractivity contribution in [3.8, 4) is 5.75 Å². The van der Waals surface area contributed by atoms with E-state index in [1.54, 1.807) is 18.2 Å². The minimum atomic E-state index is -0.252.